The normalized spacial score (nSPS) is 19.6. The highest BCUT2D eigenvalue weighted by molar-refractivity contribution is 7.15. The van der Waals surface area contributed by atoms with E-state index >= 15 is 0 Å². The van der Waals surface area contributed by atoms with E-state index in [0.717, 1.165) is 31.2 Å². The van der Waals surface area contributed by atoms with Crippen LogP contribution in [0.1, 0.15) is 11.8 Å². The van der Waals surface area contributed by atoms with Crippen LogP contribution in [0.4, 0.5) is 0 Å². The van der Waals surface area contributed by atoms with Crippen LogP contribution >= 0.6 is 23.7 Å². The van der Waals surface area contributed by atoms with Gasteiger partial charge in [0.15, 0.2) is 0 Å². The molecule has 0 radical (unpaired) electrons. The van der Waals surface area contributed by atoms with Gasteiger partial charge in [-0.05, 0) is 6.92 Å². The minimum absolute atomic E-state index is 0. The highest BCUT2D eigenvalue weighted by Crippen LogP contribution is 2.25. The Morgan fingerprint density at radius 1 is 1.35 bits per heavy atom. The summed E-state index contributed by atoms with van der Waals surface area (Å²) < 4.78 is 0. The molecule has 0 saturated carbocycles. The number of rotatable bonds is 3. The molecular formula is C15H20ClN3S. The van der Waals surface area contributed by atoms with Crippen LogP contribution in [0.2, 0.25) is 0 Å². The SMILES string of the molecule is C[C@H]1CN(Cc2cnc(-c3ccccc3)s2)CCN1.Cl. The van der Waals surface area contributed by atoms with Crippen LogP contribution in [0.5, 0.6) is 0 Å². The van der Waals surface area contributed by atoms with Gasteiger partial charge >= 0.3 is 0 Å². The molecule has 0 unspecified atom stereocenters. The molecule has 0 spiro atoms. The Morgan fingerprint density at radius 2 is 2.15 bits per heavy atom. The summed E-state index contributed by atoms with van der Waals surface area (Å²) in [4.78, 5) is 8.41. The van der Waals surface area contributed by atoms with Gasteiger partial charge in [0.05, 0.1) is 0 Å². The molecule has 108 valence electrons. The lowest BCUT2D eigenvalue weighted by Crippen LogP contribution is -2.48. The average Bonchev–Trinajstić information content (AvgIpc) is 2.88. The zero-order valence-corrected chi connectivity index (χ0v) is 13.2. The molecule has 1 aromatic carbocycles. The van der Waals surface area contributed by atoms with E-state index < -0.39 is 0 Å². The average molecular weight is 310 g/mol. The van der Waals surface area contributed by atoms with Gasteiger partial charge in [-0.3, -0.25) is 4.90 Å². The first-order valence-corrected chi connectivity index (χ1v) is 7.59. The van der Waals surface area contributed by atoms with Gasteiger partial charge in [0.1, 0.15) is 5.01 Å². The summed E-state index contributed by atoms with van der Waals surface area (Å²) in [7, 11) is 0. The summed E-state index contributed by atoms with van der Waals surface area (Å²) >= 11 is 1.81. The molecule has 5 heteroatoms. The van der Waals surface area contributed by atoms with Crippen molar-refractivity contribution < 1.29 is 0 Å². The number of benzene rings is 1. The third kappa shape index (κ3) is 3.79. The molecule has 1 N–H and O–H groups in total. The van der Waals surface area contributed by atoms with Gasteiger partial charge in [0, 0.05) is 48.9 Å². The second-order valence-electron chi connectivity index (χ2n) is 5.09. The van der Waals surface area contributed by atoms with Crippen LogP contribution < -0.4 is 5.32 Å². The smallest absolute Gasteiger partial charge is 0.123 e. The molecule has 1 fully saturated rings. The molecule has 1 aliphatic heterocycles. The van der Waals surface area contributed by atoms with Gasteiger partial charge in [-0.1, -0.05) is 30.3 Å². The first kappa shape index (κ1) is 15.4. The van der Waals surface area contributed by atoms with Crippen molar-refractivity contribution in [2.24, 2.45) is 0 Å². The van der Waals surface area contributed by atoms with Crippen LogP contribution in [0, 0.1) is 0 Å². The van der Waals surface area contributed by atoms with E-state index in [0.29, 0.717) is 6.04 Å². The fourth-order valence-electron chi connectivity index (χ4n) is 2.47. The van der Waals surface area contributed by atoms with Gasteiger partial charge < -0.3 is 5.32 Å². The number of aromatic nitrogens is 1. The van der Waals surface area contributed by atoms with Gasteiger partial charge in [-0.2, -0.15) is 0 Å². The molecule has 1 saturated heterocycles. The maximum atomic E-state index is 4.55. The number of halogens is 1. The number of nitrogens with zero attached hydrogens (tertiary/aromatic N) is 2. The second-order valence-corrected chi connectivity index (χ2v) is 6.20. The summed E-state index contributed by atoms with van der Waals surface area (Å²) in [6.45, 7) is 6.61. The minimum atomic E-state index is 0. The van der Waals surface area contributed by atoms with Gasteiger partial charge in [-0.15, -0.1) is 23.7 Å². The Kier molecular flexibility index (Phi) is 5.54. The lowest BCUT2D eigenvalue weighted by molar-refractivity contribution is 0.201. The number of hydrogen-bond acceptors (Lipinski definition) is 4. The molecular weight excluding hydrogens is 290 g/mol. The Balaban J connectivity index is 0.00000147. The van der Waals surface area contributed by atoms with Crippen molar-refractivity contribution in [1.82, 2.24) is 15.2 Å². The van der Waals surface area contributed by atoms with Crippen molar-refractivity contribution in [2.45, 2.75) is 19.5 Å². The molecule has 0 aliphatic carbocycles. The molecule has 1 aliphatic rings. The van der Waals surface area contributed by atoms with Crippen LogP contribution in [0.25, 0.3) is 10.6 Å². The van der Waals surface area contributed by atoms with E-state index in [9.17, 15) is 0 Å². The van der Waals surface area contributed by atoms with Crippen molar-refractivity contribution in [2.75, 3.05) is 19.6 Å². The summed E-state index contributed by atoms with van der Waals surface area (Å²) in [5, 5.41) is 4.60. The Labute approximate surface area is 130 Å². The maximum absolute atomic E-state index is 4.55. The fourth-order valence-corrected chi connectivity index (χ4v) is 3.43. The summed E-state index contributed by atoms with van der Waals surface area (Å²) in [5.41, 5.74) is 1.22. The van der Waals surface area contributed by atoms with Crippen LogP contribution in [0.3, 0.4) is 0 Å². The minimum Gasteiger partial charge on any atom is -0.312 e. The Hall–Kier alpha value is -0.940. The Bertz CT molecular complexity index is 529. The summed E-state index contributed by atoms with van der Waals surface area (Å²) in [5.74, 6) is 0. The predicted molar refractivity (Wildman–Crippen MR) is 87.5 cm³/mol. The topological polar surface area (TPSA) is 28.2 Å². The highest BCUT2D eigenvalue weighted by atomic mass is 35.5. The van der Waals surface area contributed by atoms with Crippen LogP contribution in [-0.4, -0.2) is 35.6 Å². The van der Waals surface area contributed by atoms with Crippen molar-refractivity contribution in [3.63, 3.8) is 0 Å². The van der Waals surface area contributed by atoms with E-state index in [2.05, 4.69) is 46.4 Å². The van der Waals surface area contributed by atoms with Crippen LogP contribution in [0.15, 0.2) is 36.5 Å². The molecule has 0 amide bonds. The second kappa shape index (κ2) is 7.18. The van der Waals surface area contributed by atoms with E-state index in [-0.39, 0.29) is 12.4 Å². The third-order valence-corrected chi connectivity index (χ3v) is 4.44. The van der Waals surface area contributed by atoms with Gasteiger partial charge in [-0.25, -0.2) is 4.98 Å². The van der Waals surface area contributed by atoms with Crippen molar-refractivity contribution >= 4 is 23.7 Å². The van der Waals surface area contributed by atoms with Crippen molar-refractivity contribution in [1.29, 1.82) is 0 Å². The molecule has 2 aromatic rings. The maximum Gasteiger partial charge on any atom is 0.123 e. The quantitative estimate of drug-likeness (QED) is 0.944. The van der Waals surface area contributed by atoms with E-state index in [1.165, 1.54) is 10.4 Å². The lowest BCUT2D eigenvalue weighted by atomic mass is 10.2. The van der Waals surface area contributed by atoms with Crippen molar-refractivity contribution in [3.05, 3.63) is 41.4 Å². The zero-order valence-electron chi connectivity index (χ0n) is 11.6. The molecule has 0 bridgehead atoms. The predicted octanol–water partition coefficient (Wildman–Crippen LogP) is 3.03. The summed E-state index contributed by atoms with van der Waals surface area (Å²) in [6.07, 6.45) is 2.03. The van der Waals surface area contributed by atoms with Gasteiger partial charge in [0.2, 0.25) is 0 Å². The number of hydrogen-bond donors (Lipinski definition) is 1. The molecule has 1 atom stereocenters. The molecule has 20 heavy (non-hydrogen) atoms. The lowest BCUT2D eigenvalue weighted by Gasteiger charge is -2.31. The van der Waals surface area contributed by atoms with E-state index in [4.69, 9.17) is 0 Å². The molecule has 2 heterocycles. The standard InChI is InChI=1S/C15H19N3S.ClH/c1-12-10-18(8-7-16-12)11-14-9-17-15(19-14)13-5-3-2-4-6-13;/h2-6,9,12,16H,7-8,10-11H2,1H3;1H/t12-;/m0./s1. The first-order valence-electron chi connectivity index (χ1n) is 6.77. The molecule has 3 nitrogen and oxygen atoms in total. The summed E-state index contributed by atoms with van der Waals surface area (Å²) in [6, 6.07) is 11.0. The molecule has 1 aromatic heterocycles. The zero-order chi connectivity index (χ0) is 13.1. The molecule has 3 rings (SSSR count). The number of thiazole rings is 1. The largest absolute Gasteiger partial charge is 0.312 e. The number of piperazine rings is 1. The van der Waals surface area contributed by atoms with Crippen molar-refractivity contribution in [3.8, 4) is 10.6 Å². The monoisotopic (exact) mass is 309 g/mol. The van der Waals surface area contributed by atoms with Crippen LogP contribution in [-0.2, 0) is 6.54 Å². The van der Waals surface area contributed by atoms with E-state index in [1.54, 1.807) is 0 Å². The highest BCUT2D eigenvalue weighted by Gasteiger charge is 2.16. The van der Waals surface area contributed by atoms with E-state index in [1.807, 2.05) is 23.6 Å². The fraction of sp³-hybridized carbons (Fsp3) is 0.400. The Morgan fingerprint density at radius 3 is 2.90 bits per heavy atom. The third-order valence-electron chi connectivity index (χ3n) is 3.41. The first-order chi connectivity index (χ1) is 9.31. The van der Waals surface area contributed by atoms with Gasteiger partial charge in [0.25, 0.3) is 0 Å². The number of nitrogens with one attached hydrogen (secondary N) is 1.